The zero-order valence-electron chi connectivity index (χ0n) is 21.4. The molecule has 36 heavy (non-hydrogen) atoms. The van der Waals surface area contributed by atoms with Crippen LogP contribution in [0, 0.1) is 6.92 Å². The largest absolute Gasteiger partial charge is 0.444 e. The predicted octanol–water partition coefficient (Wildman–Crippen LogP) is 5.55. The Hall–Kier alpha value is -4.00. The first kappa shape index (κ1) is 25.1. The van der Waals surface area contributed by atoms with Crippen LogP contribution in [0.15, 0.2) is 66.7 Å². The second-order valence-electron chi connectivity index (χ2n) is 10.1. The molecule has 2 amide bonds. The number of nitrogens with one attached hydrogen (secondary N) is 1. The lowest BCUT2D eigenvalue weighted by Crippen LogP contribution is -2.50. The first-order chi connectivity index (χ1) is 17.1. The monoisotopic (exact) mass is 486 g/mol. The summed E-state index contributed by atoms with van der Waals surface area (Å²) in [5.41, 5.74) is 11.5. The Morgan fingerprint density at radius 3 is 2.19 bits per heavy atom. The minimum Gasteiger partial charge on any atom is -0.444 e. The third-order valence-corrected chi connectivity index (χ3v) is 6.17. The maximum Gasteiger partial charge on any atom is 0.410 e. The van der Waals surface area contributed by atoms with Gasteiger partial charge in [0.25, 0.3) is 5.91 Å². The van der Waals surface area contributed by atoms with E-state index in [4.69, 9.17) is 10.5 Å². The van der Waals surface area contributed by atoms with Crippen LogP contribution in [0.25, 0.3) is 11.1 Å². The van der Waals surface area contributed by atoms with Gasteiger partial charge in [-0.05, 0) is 80.8 Å². The number of benzene rings is 3. The number of aryl methyl sites for hydroxylation is 1. The molecular formula is C29H34N4O3. The third-order valence-electron chi connectivity index (χ3n) is 6.17. The number of anilines is 3. The van der Waals surface area contributed by atoms with Crippen molar-refractivity contribution in [1.29, 1.82) is 0 Å². The fourth-order valence-electron chi connectivity index (χ4n) is 4.26. The van der Waals surface area contributed by atoms with Gasteiger partial charge in [-0.3, -0.25) is 4.79 Å². The summed E-state index contributed by atoms with van der Waals surface area (Å²) in [4.78, 5) is 29.1. The molecule has 7 nitrogen and oxygen atoms in total. The second-order valence-corrected chi connectivity index (χ2v) is 10.1. The van der Waals surface area contributed by atoms with E-state index in [2.05, 4.69) is 34.5 Å². The van der Waals surface area contributed by atoms with Gasteiger partial charge in [-0.15, -0.1) is 0 Å². The number of piperazine rings is 1. The maximum absolute atomic E-state index is 12.7. The molecule has 1 saturated heterocycles. The number of ether oxygens (including phenoxy) is 1. The Labute approximate surface area is 212 Å². The molecule has 4 rings (SSSR count). The number of hydrogen-bond acceptors (Lipinski definition) is 5. The molecule has 3 aromatic rings. The van der Waals surface area contributed by atoms with Crippen molar-refractivity contribution in [3.63, 3.8) is 0 Å². The number of para-hydroxylation sites is 2. The minimum absolute atomic E-state index is 0.191. The van der Waals surface area contributed by atoms with Crippen molar-refractivity contribution in [2.24, 2.45) is 0 Å². The molecule has 1 fully saturated rings. The predicted molar refractivity (Wildman–Crippen MR) is 145 cm³/mol. The van der Waals surface area contributed by atoms with Gasteiger partial charge in [0.15, 0.2) is 0 Å². The van der Waals surface area contributed by atoms with E-state index in [0.29, 0.717) is 30.0 Å². The number of nitrogens with zero attached hydrogens (tertiary/aromatic N) is 2. The summed E-state index contributed by atoms with van der Waals surface area (Å²) in [7, 11) is 0. The molecule has 0 bridgehead atoms. The van der Waals surface area contributed by atoms with Gasteiger partial charge in [0.1, 0.15) is 5.60 Å². The summed E-state index contributed by atoms with van der Waals surface area (Å²) in [6.45, 7) is 10.4. The molecule has 0 unspecified atom stereocenters. The lowest BCUT2D eigenvalue weighted by atomic mass is 9.98. The van der Waals surface area contributed by atoms with Crippen molar-refractivity contribution in [3.8, 4) is 11.1 Å². The number of rotatable bonds is 4. The van der Waals surface area contributed by atoms with Crippen LogP contribution in [-0.2, 0) is 4.74 Å². The van der Waals surface area contributed by atoms with Crippen molar-refractivity contribution in [2.45, 2.75) is 33.3 Å². The van der Waals surface area contributed by atoms with Gasteiger partial charge in [-0.2, -0.15) is 0 Å². The summed E-state index contributed by atoms with van der Waals surface area (Å²) in [6, 6.07) is 21.3. The number of amides is 2. The molecule has 0 atom stereocenters. The van der Waals surface area contributed by atoms with Crippen molar-refractivity contribution in [2.75, 3.05) is 42.1 Å². The SMILES string of the molecule is Cc1cc(C(=O)Nc2ccccc2N)ccc1-c1ccc(N2CCN(C(=O)OC(C)(C)C)CC2)cc1. The third kappa shape index (κ3) is 5.97. The molecule has 3 N–H and O–H groups in total. The molecule has 7 heteroatoms. The highest BCUT2D eigenvalue weighted by atomic mass is 16.6. The van der Waals surface area contributed by atoms with Crippen molar-refractivity contribution >= 4 is 29.1 Å². The van der Waals surface area contributed by atoms with E-state index in [0.717, 1.165) is 35.5 Å². The molecule has 0 saturated carbocycles. The lowest BCUT2D eigenvalue weighted by Gasteiger charge is -2.36. The summed E-state index contributed by atoms with van der Waals surface area (Å²) >= 11 is 0. The van der Waals surface area contributed by atoms with E-state index < -0.39 is 5.60 Å². The molecule has 0 radical (unpaired) electrons. The molecule has 1 heterocycles. The molecule has 3 aromatic carbocycles. The zero-order valence-corrected chi connectivity index (χ0v) is 21.4. The van der Waals surface area contributed by atoms with Gasteiger partial charge in [-0.25, -0.2) is 4.79 Å². The van der Waals surface area contributed by atoms with Gasteiger partial charge in [0, 0.05) is 37.4 Å². The molecular weight excluding hydrogens is 452 g/mol. The summed E-state index contributed by atoms with van der Waals surface area (Å²) in [5.74, 6) is -0.191. The van der Waals surface area contributed by atoms with Crippen LogP contribution in [0.5, 0.6) is 0 Å². The summed E-state index contributed by atoms with van der Waals surface area (Å²) in [6.07, 6.45) is -0.252. The Balaban J connectivity index is 1.39. The van der Waals surface area contributed by atoms with Gasteiger partial charge in [0.2, 0.25) is 0 Å². The number of hydrogen-bond donors (Lipinski definition) is 2. The number of carbonyl (C=O) groups excluding carboxylic acids is 2. The minimum atomic E-state index is -0.486. The van der Waals surface area contributed by atoms with Gasteiger partial charge in [0.05, 0.1) is 11.4 Å². The van der Waals surface area contributed by atoms with E-state index in [1.54, 1.807) is 17.0 Å². The van der Waals surface area contributed by atoms with Crippen LogP contribution >= 0.6 is 0 Å². The number of nitrogen functional groups attached to an aromatic ring is 1. The highest BCUT2D eigenvalue weighted by Crippen LogP contribution is 2.28. The van der Waals surface area contributed by atoms with Crippen LogP contribution in [0.1, 0.15) is 36.7 Å². The Morgan fingerprint density at radius 2 is 1.58 bits per heavy atom. The first-order valence-electron chi connectivity index (χ1n) is 12.2. The average Bonchev–Trinajstić information content (AvgIpc) is 2.84. The van der Waals surface area contributed by atoms with Crippen LogP contribution in [0.4, 0.5) is 21.9 Å². The first-order valence-corrected chi connectivity index (χ1v) is 12.2. The topological polar surface area (TPSA) is 87.9 Å². The fourth-order valence-corrected chi connectivity index (χ4v) is 4.26. The maximum atomic E-state index is 12.7. The van der Waals surface area contributed by atoms with E-state index in [9.17, 15) is 9.59 Å². The van der Waals surface area contributed by atoms with Crippen molar-refractivity contribution in [1.82, 2.24) is 4.90 Å². The lowest BCUT2D eigenvalue weighted by molar-refractivity contribution is 0.0240. The van der Waals surface area contributed by atoms with Gasteiger partial charge in [-0.1, -0.05) is 30.3 Å². The standard InChI is InChI=1S/C29H34N4O3/c1-20-19-22(27(34)31-26-8-6-5-7-25(26)30)11-14-24(20)21-9-12-23(13-10-21)32-15-17-33(18-16-32)28(35)36-29(2,3)4/h5-14,19H,15-18,30H2,1-4H3,(H,31,34). The molecule has 1 aliphatic rings. The Kier molecular flexibility index (Phi) is 7.20. The van der Waals surface area contributed by atoms with E-state index in [1.165, 1.54) is 0 Å². The normalized spacial score (nSPS) is 13.9. The van der Waals surface area contributed by atoms with Crippen molar-refractivity contribution in [3.05, 3.63) is 77.9 Å². The fraction of sp³-hybridized carbons (Fsp3) is 0.310. The summed E-state index contributed by atoms with van der Waals surface area (Å²) in [5, 5.41) is 2.88. The molecule has 0 aliphatic carbocycles. The number of carbonyl (C=O) groups is 2. The smallest absolute Gasteiger partial charge is 0.410 e. The zero-order chi connectivity index (χ0) is 25.9. The van der Waals surface area contributed by atoms with Crippen molar-refractivity contribution < 1.29 is 14.3 Å². The Morgan fingerprint density at radius 1 is 0.917 bits per heavy atom. The molecule has 0 spiro atoms. The Bertz CT molecular complexity index is 1240. The van der Waals surface area contributed by atoms with Gasteiger partial charge >= 0.3 is 6.09 Å². The van der Waals surface area contributed by atoms with Crippen LogP contribution in [0.2, 0.25) is 0 Å². The van der Waals surface area contributed by atoms with Crippen LogP contribution in [0.3, 0.4) is 0 Å². The average molecular weight is 487 g/mol. The second kappa shape index (κ2) is 10.3. The van der Waals surface area contributed by atoms with E-state index in [-0.39, 0.29) is 12.0 Å². The van der Waals surface area contributed by atoms with Crippen LogP contribution < -0.4 is 16.0 Å². The highest BCUT2D eigenvalue weighted by molar-refractivity contribution is 6.06. The number of nitrogens with two attached hydrogens (primary N) is 1. The van der Waals surface area contributed by atoms with E-state index >= 15 is 0 Å². The molecule has 0 aromatic heterocycles. The molecule has 1 aliphatic heterocycles. The summed E-state index contributed by atoms with van der Waals surface area (Å²) < 4.78 is 5.49. The molecule has 188 valence electrons. The van der Waals surface area contributed by atoms with Gasteiger partial charge < -0.3 is 25.6 Å². The quantitative estimate of drug-likeness (QED) is 0.472. The van der Waals surface area contributed by atoms with Crippen LogP contribution in [-0.4, -0.2) is 48.7 Å². The highest BCUT2D eigenvalue weighted by Gasteiger charge is 2.26. The van der Waals surface area contributed by atoms with E-state index in [1.807, 2.05) is 58.0 Å².